The van der Waals surface area contributed by atoms with Crippen molar-refractivity contribution < 1.29 is 10.2 Å². The maximum absolute atomic E-state index is 9.82. The Labute approximate surface area is 115 Å². The summed E-state index contributed by atoms with van der Waals surface area (Å²) in [4.78, 5) is 2.31. The van der Waals surface area contributed by atoms with Crippen LogP contribution in [0.4, 0.5) is 5.69 Å². The average molecular weight is 263 g/mol. The van der Waals surface area contributed by atoms with Crippen molar-refractivity contribution in [2.45, 2.75) is 51.2 Å². The molecule has 1 aromatic carbocycles. The van der Waals surface area contributed by atoms with E-state index in [9.17, 15) is 10.2 Å². The van der Waals surface area contributed by atoms with Crippen LogP contribution in [0.3, 0.4) is 0 Å². The Morgan fingerprint density at radius 3 is 2.58 bits per heavy atom. The quantitative estimate of drug-likeness (QED) is 0.878. The summed E-state index contributed by atoms with van der Waals surface area (Å²) < 4.78 is 0. The second-order valence-corrected chi connectivity index (χ2v) is 5.39. The minimum atomic E-state index is -0.369. The monoisotopic (exact) mass is 263 g/mol. The van der Waals surface area contributed by atoms with Crippen LogP contribution >= 0.6 is 0 Å². The van der Waals surface area contributed by atoms with Gasteiger partial charge in [-0.3, -0.25) is 0 Å². The fourth-order valence-corrected chi connectivity index (χ4v) is 2.83. The summed E-state index contributed by atoms with van der Waals surface area (Å²) in [6, 6.07) is 8.39. The molecule has 1 saturated heterocycles. The molecule has 106 valence electrons. The fraction of sp³-hybridized carbons (Fsp3) is 0.625. The molecule has 0 radical (unpaired) electrons. The topological polar surface area (TPSA) is 43.7 Å². The molecule has 3 nitrogen and oxygen atoms in total. The molecule has 2 rings (SSSR count). The number of rotatable bonds is 4. The van der Waals surface area contributed by atoms with Gasteiger partial charge in [0.25, 0.3) is 0 Å². The van der Waals surface area contributed by atoms with Crippen molar-refractivity contribution >= 4 is 5.69 Å². The zero-order chi connectivity index (χ0) is 13.7. The van der Waals surface area contributed by atoms with Gasteiger partial charge in [-0.2, -0.15) is 0 Å². The number of aliphatic hydroxyl groups is 2. The maximum atomic E-state index is 9.82. The average Bonchev–Trinajstić information content (AvgIpc) is 2.71. The molecule has 0 aromatic heterocycles. The van der Waals surface area contributed by atoms with Crippen LogP contribution in [0.25, 0.3) is 0 Å². The molecule has 1 heterocycles. The highest BCUT2D eigenvalue weighted by Crippen LogP contribution is 2.26. The predicted octanol–water partition coefficient (Wildman–Crippen LogP) is 2.87. The Kier molecular flexibility index (Phi) is 5.23. The largest absolute Gasteiger partial charge is 0.394 e. The normalized spacial score (nSPS) is 22.1. The summed E-state index contributed by atoms with van der Waals surface area (Å²) in [5.74, 6) is 0. The van der Waals surface area contributed by atoms with Crippen molar-refractivity contribution in [3.8, 4) is 0 Å². The molecule has 0 spiro atoms. The molecule has 1 aromatic rings. The number of anilines is 1. The van der Waals surface area contributed by atoms with E-state index < -0.39 is 0 Å². The number of aliphatic hydroxyl groups excluding tert-OH is 2. The van der Waals surface area contributed by atoms with E-state index in [2.05, 4.69) is 17.0 Å². The SMILES string of the molecule is CC[C@H](O)c1ccc(N2CCCCCC2CO)cc1. The van der Waals surface area contributed by atoms with Gasteiger partial charge in [0.15, 0.2) is 0 Å². The molecule has 19 heavy (non-hydrogen) atoms. The van der Waals surface area contributed by atoms with E-state index >= 15 is 0 Å². The minimum Gasteiger partial charge on any atom is -0.394 e. The van der Waals surface area contributed by atoms with Crippen molar-refractivity contribution in [3.63, 3.8) is 0 Å². The molecule has 0 saturated carbocycles. The van der Waals surface area contributed by atoms with Crippen molar-refractivity contribution in [2.24, 2.45) is 0 Å². The van der Waals surface area contributed by atoms with Gasteiger partial charge in [0.1, 0.15) is 0 Å². The molecule has 3 heteroatoms. The van der Waals surface area contributed by atoms with Crippen LogP contribution in [0.5, 0.6) is 0 Å². The van der Waals surface area contributed by atoms with Gasteiger partial charge < -0.3 is 15.1 Å². The van der Waals surface area contributed by atoms with Gasteiger partial charge in [-0.1, -0.05) is 31.9 Å². The third-order valence-electron chi connectivity index (χ3n) is 4.08. The van der Waals surface area contributed by atoms with E-state index in [0.717, 1.165) is 30.6 Å². The van der Waals surface area contributed by atoms with Gasteiger partial charge in [0.05, 0.1) is 18.8 Å². The van der Waals surface area contributed by atoms with Crippen molar-refractivity contribution in [1.82, 2.24) is 0 Å². The van der Waals surface area contributed by atoms with Crippen LogP contribution in [0, 0.1) is 0 Å². The first-order chi connectivity index (χ1) is 9.26. The number of benzene rings is 1. The Hall–Kier alpha value is -1.06. The number of nitrogens with zero attached hydrogens (tertiary/aromatic N) is 1. The first kappa shape index (κ1) is 14.4. The van der Waals surface area contributed by atoms with Crippen molar-refractivity contribution in [2.75, 3.05) is 18.1 Å². The summed E-state index contributed by atoms with van der Waals surface area (Å²) in [6.07, 6.45) is 5.08. The Balaban J connectivity index is 2.14. The molecular weight excluding hydrogens is 238 g/mol. The van der Waals surface area contributed by atoms with E-state index in [4.69, 9.17) is 0 Å². The Bertz CT molecular complexity index is 377. The maximum Gasteiger partial charge on any atom is 0.0787 e. The highest BCUT2D eigenvalue weighted by atomic mass is 16.3. The minimum absolute atomic E-state index is 0.222. The smallest absolute Gasteiger partial charge is 0.0787 e. The lowest BCUT2D eigenvalue weighted by molar-refractivity contribution is 0.173. The predicted molar refractivity (Wildman–Crippen MR) is 78.4 cm³/mol. The lowest BCUT2D eigenvalue weighted by Crippen LogP contribution is -2.37. The van der Waals surface area contributed by atoms with Gasteiger partial charge >= 0.3 is 0 Å². The summed E-state index contributed by atoms with van der Waals surface area (Å²) in [7, 11) is 0. The molecule has 0 aliphatic carbocycles. The van der Waals surface area contributed by atoms with Crippen molar-refractivity contribution in [1.29, 1.82) is 0 Å². The van der Waals surface area contributed by atoms with Crippen LogP contribution in [-0.4, -0.2) is 29.4 Å². The zero-order valence-electron chi connectivity index (χ0n) is 11.8. The highest BCUT2D eigenvalue weighted by molar-refractivity contribution is 5.49. The Morgan fingerprint density at radius 1 is 1.21 bits per heavy atom. The van der Waals surface area contributed by atoms with E-state index in [1.807, 2.05) is 19.1 Å². The second-order valence-electron chi connectivity index (χ2n) is 5.39. The Morgan fingerprint density at radius 2 is 1.95 bits per heavy atom. The highest BCUT2D eigenvalue weighted by Gasteiger charge is 2.20. The standard InChI is InChI=1S/C16H25NO2/c1-2-16(19)13-7-9-14(10-8-13)17-11-5-3-4-6-15(17)12-18/h7-10,15-16,18-19H,2-6,11-12H2,1H3/t15?,16-/m0/s1. The van der Waals surface area contributed by atoms with E-state index in [1.54, 1.807) is 0 Å². The lowest BCUT2D eigenvalue weighted by Gasteiger charge is -2.31. The zero-order valence-corrected chi connectivity index (χ0v) is 11.8. The van der Waals surface area contributed by atoms with Crippen LogP contribution in [0.2, 0.25) is 0 Å². The van der Waals surface area contributed by atoms with Crippen molar-refractivity contribution in [3.05, 3.63) is 29.8 Å². The summed E-state index contributed by atoms with van der Waals surface area (Å²) in [5.41, 5.74) is 2.13. The first-order valence-corrected chi connectivity index (χ1v) is 7.41. The van der Waals surface area contributed by atoms with Gasteiger partial charge in [0, 0.05) is 12.2 Å². The first-order valence-electron chi connectivity index (χ1n) is 7.41. The third-order valence-corrected chi connectivity index (χ3v) is 4.08. The second kappa shape index (κ2) is 6.92. The van der Waals surface area contributed by atoms with E-state index in [-0.39, 0.29) is 18.8 Å². The summed E-state index contributed by atoms with van der Waals surface area (Å²) in [6.45, 7) is 3.22. The summed E-state index contributed by atoms with van der Waals surface area (Å²) in [5, 5.41) is 19.4. The number of hydrogen-bond donors (Lipinski definition) is 2. The molecule has 1 aliphatic rings. The van der Waals surface area contributed by atoms with Crippen LogP contribution in [0.15, 0.2) is 24.3 Å². The summed E-state index contributed by atoms with van der Waals surface area (Å²) >= 11 is 0. The van der Waals surface area contributed by atoms with Crippen LogP contribution in [0.1, 0.15) is 50.7 Å². The molecule has 0 amide bonds. The molecule has 1 aliphatic heterocycles. The van der Waals surface area contributed by atoms with E-state index in [0.29, 0.717) is 0 Å². The fourth-order valence-electron chi connectivity index (χ4n) is 2.83. The third kappa shape index (κ3) is 3.48. The van der Waals surface area contributed by atoms with Crippen LogP contribution in [-0.2, 0) is 0 Å². The van der Waals surface area contributed by atoms with Gasteiger partial charge in [0.2, 0.25) is 0 Å². The number of hydrogen-bond acceptors (Lipinski definition) is 3. The van der Waals surface area contributed by atoms with Gasteiger partial charge in [-0.15, -0.1) is 0 Å². The molecule has 1 fully saturated rings. The molecule has 2 N–H and O–H groups in total. The van der Waals surface area contributed by atoms with Gasteiger partial charge in [-0.05, 0) is 37.0 Å². The molecule has 1 unspecified atom stereocenters. The van der Waals surface area contributed by atoms with E-state index in [1.165, 1.54) is 19.3 Å². The lowest BCUT2D eigenvalue weighted by atomic mass is 10.1. The van der Waals surface area contributed by atoms with Crippen LogP contribution < -0.4 is 4.90 Å². The molecule has 0 bridgehead atoms. The van der Waals surface area contributed by atoms with Gasteiger partial charge in [-0.25, -0.2) is 0 Å². The molecular formula is C16H25NO2. The molecule has 2 atom stereocenters.